The topological polar surface area (TPSA) is 75.3 Å². The maximum atomic E-state index is 11.9. The van der Waals surface area contributed by atoms with Gasteiger partial charge >= 0.3 is 0 Å². The highest BCUT2D eigenvalue weighted by Gasteiger charge is 2.11. The molecule has 2 aromatic carbocycles. The van der Waals surface area contributed by atoms with Gasteiger partial charge in [-0.25, -0.2) is 8.42 Å². The lowest BCUT2D eigenvalue weighted by Gasteiger charge is -2.09. The summed E-state index contributed by atoms with van der Waals surface area (Å²) in [6.45, 7) is 0.111. The largest absolute Gasteiger partial charge is 0.355 e. The number of sulfonamides is 1. The number of hydrogen-bond acceptors (Lipinski definition) is 3. The predicted octanol–water partition coefficient (Wildman–Crippen LogP) is 2.96. The van der Waals surface area contributed by atoms with Crippen molar-refractivity contribution in [3.8, 4) is 0 Å². The van der Waals surface area contributed by atoms with Gasteiger partial charge in [0, 0.05) is 18.7 Å². The summed E-state index contributed by atoms with van der Waals surface area (Å²) in [5.41, 5.74) is 1.79. The van der Waals surface area contributed by atoms with Crippen molar-refractivity contribution in [1.82, 2.24) is 5.32 Å². The van der Waals surface area contributed by atoms with Gasteiger partial charge in [0.25, 0.3) is 0 Å². The van der Waals surface area contributed by atoms with E-state index in [0.29, 0.717) is 12.1 Å². The first-order valence-electron chi connectivity index (χ1n) is 8.41. The van der Waals surface area contributed by atoms with Crippen LogP contribution in [0.1, 0.15) is 24.8 Å². The molecule has 0 saturated heterocycles. The van der Waals surface area contributed by atoms with Crippen molar-refractivity contribution in [2.24, 2.45) is 0 Å². The summed E-state index contributed by atoms with van der Waals surface area (Å²) >= 11 is 0. The Morgan fingerprint density at radius 2 is 1.52 bits per heavy atom. The van der Waals surface area contributed by atoms with Crippen LogP contribution in [0.2, 0.25) is 0 Å². The van der Waals surface area contributed by atoms with Gasteiger partial charge in [-0.3, -0.25) is 9.52 Å². The molecule has 0 aromatic heterocycles. The van der Waals surface area contributed by atoms with Crippen LogP contribution in [0, 0.1) is 0 Å². The first-order valence-corrected chi connectivity index (χ1v) is 10.1. The van der Waals surface area contributed by atoms with E-state index in [1.165, 1.54) is 5.56 Å². The Labute approximate surface area is 149 Å². The SMILES string of the molecule is O=C(CCCCc1ccccc1)NCCS(=O)(=O)Nc1ccccc1. The number of para-hydroxylation sites is 1. The highest BCUT2D eigenvalue weighted by Crippen LogP contribution is 2.08. The van der Waals surface area contributed by atoms with Crippen molar-refractivity contribution >= 4 is 21.6 Å². The van der Waals surface area contributed by atoms with Crippen LogP contribution in [-0.2, 0) is 21.2 Å². The summed E-state index contributed by atoms with van der Waals surface area (Å²) in [7, 11) is -3.46. The maximum absolute atomic E-state index is 11.9. The van der Waals surface area contributed by atoms with Gasteiger partial charge in [-0.1, -0.05) is 48.5 Å². The molecular weight excluding hydrogens is 336 g/mol. The number of anilines is 1. The molecule has 0 fully saturated rings. The summed E-state index contributed by atoms with van der Waals surface area (Å²) in [5.74, 6) is -0.250. The highest BCUT2D eigenvalue weighted by atomic mass is 32.2. The molecule has 0 atom stereocenters. The van der Waals surface area contributed by atoms with Crippen LogP contribution in [-0.4, -0.2) is 26.6 Å². The van der Waals surface area contributed by atoms with Crippen molar-refractivity contribution in [1.29, 1.82) is 0 Å². The van der Waals surface area contributed by atoms with Crippen molar-refractivity contribution in [2.45, 2.75) is 25.7 Å². The molecule has 0 aliphatic rings. The predicted molar refractivity (Wildman–Crippen MR) is 101 cm³/mol. The third kappa shape index (κ3) is 7.85. The van der Waals surface area contributed by atoms with Crippen LogP contribution in [0.5, 0.6) is 0 Å². The third-order valence-corrected chi connectivity index (χ3v) is 4.99. The molecule has 0 radical (unpaired) electrons. The number of nitrogens with one attached hydrogen (secondary N) is 2. The molecule has 0 bridgehead atoms. The molecule has 0 spiro atoms. The van der Waals surface area contributed by atoms with E-state index in [1.54, 1.807) is 24.3 Å². The highest BCUT2D eigenvalue weighted by molar-refractivity contribution is 7.92. The molecule has 0 saturated carbocycles. The van der Waals surface area contributed by atoms with Crippen molar-refractivity contribution in [3.63, 3.8) is 0 Å². The lowest BCUT2D eigenvalue weighted by molar-refractivity contribution is -0.121. The number of benzene rings is 2. The molecule has 6 heteroatoms. The first-order chi connectivity index (χ1) is 12.1. The summed E-state index contributed by atoms with van der Waals surface area (Å²) in [5, 5.41) is 2.67. The lowest BCUT2D eigenvalue weighted by atomic mass is 10.1. The van der Waals surface area contributed by atoms with Gasteiger partial charge in [-0.15, -0.1) is 0 Å². The Bertz CT molecular complexity index is 747. The summed E-state index contributed by atoms with van der Waals surface area (Å²) in [6, 6.07) is 18.8. The van der Waals surface area contributed by atoms with Crippen molar-refractivity contribution < 1.29 is 13.2 Å². The fourth-order valence-electron chi connectivity index (χ4n) is 2.41. The average Bonchev–Trinajstić information content (AvgIpc) is 2.60. The second-order valence-electron chi connectivity index (χ2n) is 5.83. The van der Waals surface area contributed by atoms with E-state index >= 15 is 0 Å². The van der Waals surface area contributed by atoms with E-state index in [2.05, 4.69) is 22.2 Å². The molecule has 2 aromatic rings. The second kappa shape index (κ2) is 9.84. The molecular formula is C19H24N2O3S. The van der Waals surface area contributed by atoms with E-state index < -0.39 is 10.0 Å². The summed E-state index contributed by atoms with van der Waals surface area (Å²) in [6.07, 6.45) is 3.09. The number of amides is 1. The van der Waals surface area contributed by atoms with Gasteiger partial charge in [-0.2, -0.15) is 0 Å². The number of carbonyl (C=O) groups is 1. The molecule has 1 amide bonds. The minimum atomic E-state index is -3.46. The molecule has 5 nitrogen and oxygen atoms in total. The number of rotatable bonds is 10. The van der Waals surface area contributed by atoms with Crippen LogP contribution in [0.25, 0.3) is 0 Å². The minimum Gasteiger partial charge on any atom is -0.355 e. The van der Waals surface area contributed by atoms with Crippen molar-refractivity contribution in [3.05, 3.63) is 66.2 Å². The molecule has 0 unspecified atom stereocenters. The van der Waals surface area contributed by atoms with Crippen LogP contribution in [0.15, 0.2) is 60.7 Å². The zero-order valence-corrected chi connectivity index (χ0v) is 15.0. The van der Waals surface area contributed by atoms with Gasteiger partial charge < -0.3 is 5.32 Å². The Morgan fingerprint density at radius 1 is 0.880 bits per heavy atom. The van der Waals surface area contributed by atoms with E-state index in [-0.39, 0.29) is 18.2 Å². The smallest absolute Gasteiger partial charge is 0.234 e. The van der Waals surface area contributed by atoms with Gasteiger partial charge in [0.1, 0.15) is 0 Å². The first kappa shape index (κ1) is 19.0. The molecule has 2 N–H and O–H groups in total. The second-order valence-corrected chi connectivity index (χ2v) is 7.67. The molecule has 0 aliphatic heterocycles. The molecule has 2 rings (SSSR count). The summed E-state index contributed by atoms with van der Waals surface area (Å²) < 4.78 is 26.4. The zero-order chi connectivity index (χ0) is 18.0. The van der Waals surface area contributed by atoms with Gasteiger partial charge in [0.05, 0.1) is 5.75 Å². The summed E-state index contributed by atoms with van der Waals surface area (Å²) in [4.78, 5) is 11.8. The van der Waals surface area contributed by atoms with E-state index in [1.807, 2.05) is 24.3 Å². The Kier molecular flexibility index (Phi) is 7.47. The quantitative estimate of drug-likeness (QED) is 0.640. The normalized spacial score (nSPS) is 11.0. The molecule has 25 heavy (non-hydrogen) atoms. The van der Waals surface area contributed by atoms with E-state index in [9.17, 15) is 13.2 Å². The van der Waals surface area contributed by atoms with E-state index in [4.69, 9.17) is 0 Å². The van der Waals surface area contributed by atoms with Gasteiger partial charge in [-0.05, 0) is 37.0 Å². The van der Waals surface area contributed by atoms with Crippen LogP contribution < -0.4 is 10.0 Å². The molecule has 134 valence electrons. The Hall–Kier alpha value is -2.34. The van der Waals surface area contributed by atoms with Gasteiger partial charge in [0.2, 0.25) is 15.9 Å². The van der Waals surface area contributed by atoms with Crippen LogP contribution in [0.4, 0.5) is 5.69 Å². The minimum absolute atomic E-state index is 0.108. The standard InChI is InChI=1S/C19H24N2O3S/c22-19(14-8-7-11-17-9-3-1-4-10-17)20-15-16-25(23,24)21-18-12-5-2-6-13-18/h1-6,9-10,12-13,21H,7-8,11,14-16H2,(H,20,22). The number of aryl methyl sites for hydroxylation is 1. The van der Waals surface area contributed by atoms with Crippen LogP contribution >= 0.6 is 0 Å². The third-order valence-electron chi connectivity index (χ3n) is 3.70. The van der Waals surface area contributed by atoms with Crippen molar-refractivity contribution in [2.75, 3.05) is 17.0 Å². The maximum Gasteiger partial charge on any atom is 0.234 e. The Balaban J connectivity index is 1.60. The Morgan fingerprint density at radius 3 is 2.20 bits per heavy atom. The fourth-order valence-corrected chi connectivity index (χ4v) is 3.38. The average molecular weight is 360 g/mol. The number of carbonyl (C=O) groups excluding carboxylic acids is 1. The zero-order valence-electron chi connectivity index (χ0n) is 14.1. The van der Waals surface area contributed by atoms with Gasteiger partial charge in [0.15, 0.2) is 0 Å². The molecule has 0 aliphatic carbocycles. The number of hydrogen-bond donors (Lipinski definition) is 2. The van der Waals surface area contributed by atoms with E-state index in [0.717, 1.165) is 19.3 Å². The molecule has 0 heterocycles. The van der Waals surface area contributed by atoms with Crippen LogP contribution in [0.3, 0.4) is 0 Å². The lowest BCUT2D eigenvalue weighted by Crippen LogP contribution is -2.31. The number of unbranched alkanes of at least 4 members (excludes halogenated alkanes) is 1. The monoisotopic (exact) mass is 360 g/mol. The fraction of sp³-hybridized carbons (Fsp3) is 0.316.